The number of amides is 2. The number of rotatable bonds is 6. The van der Waals surface area contributed by atoms with Gasteiger partial charge in [-0.15, -0.1) is 0 Å². The van der Waals surface area contributed by atoms with E-state index in [1.165, 1.54) is 5.56 Å². The van der Waals surface area contributed by atoms with E-state index in [2.05, 4.69) is 49.9 Å². The summed E-state index contributed by atoms with van der Waals surface area (Å²) in [4.78, 5) is 35.1. The summed E-state index contributed by atoms with van der Waals surface area (Å²) in [5, 5.41) is 17.6. The summed E-state index contributed by atoms with van der Waals surface area (Å²) in [5.41, 5.74) is 6.19. The Bertz CT molecular complexity index is 1550. The third-order valence-electron chi connectivity index (χ3n) is 8.39. The highest BCUT2D eigenvalue weighted by Crippen LogP contribution is 2.31. The Balaban J connectivity index is 0.00000188. The lowest BCUT2D eigenvalue weighted by Crippen LogP contribution is -2.43. The van der Waals surface area contributed by atoms with E-state index in [4.69, 9.17) is 5.11 Å². The number of likely N-dealkylation sites (tertiary alicyclic amines) is 1. The molecule has 0 spiro atoms. The van der Waals surface area contributed by atoms with Gasteiger partial charge in [0.15, 0.2) is 0 Å². The van der Waals surface area contributed by atoms with E-state index >= 15 is 0 Å². The highest BCUT2D eigenvalue weighted by Gasteiger charge is 2.25. The quantitative estimate of drug-likeness (QED) is 0.308. The zero-order chi connectivity index (χ0) is 31.1. The van der Waals surface area contributed by atoms with Gasteiger partial charge in [0.25, 0.3) is 11.8 Å². The normalized spacial score (nSPS) is 15.4. The van der Waals surface area contributed by atoms with Crippen LogP contribution < -0.4 is 15.5 Å². The van der Waals surface area contributed by atoms with Crippen LogP contribution in [0.15, 0.2) is 73.2 Å². The number of piperazine rings is 1. The Morgan fingerprint density at radius 1 is 0.886 bits per heavy atom. The van der Waals surface area contributed by atoms with E-state index in [1.807, 2.05) is 54.1 Å². The standard InChI is InChI=1S/C33H37N7O2.CH4O/c1-23-3-4-27(19-30(23)37-32(41)28-9-10-31(35-20-28)39-17-13-34-14-18-39)33(42)40-15-11-26(12-16-40)24-5-7-25(8-6-24)29-21-36-38(2)22-29;1-2/h3-10,19-22,26,34H,11-18H2,1-2H3,(H,37,41);2H,1H3. The lowest BCUT2D eigenvalue weighted by atomic mass is 9.88. The second-order valence-corrected chi connectivity index (χ2v) is 11.2. The maximum absolute atomic E-state index is 13.4. The van der Waals surface area contributed by atoms with Crippen molar-refractivity contribution in [2.75, 3.05) is 56.6 Å². The van der Waals surface area contributed by atoms with Gasteiger partial charge in [-0.05, 0) is 66.6 Å². The molecule has 3 N–H and O–H groups in total. The number of hydrogen-bond donors (Lipinski definition) is 3. The number of aryl methyl sites for hydroxylation is 2. The van der Waals surface area contributed by atoms with Crippen LogP contribution >= 0.6 is 0 Å². The van der Waals surface area contributed by atoms with Crippen molar-refractivity contribution in [2.45, 2.75) is 25.7 Å². The maximum atomic E-state index is 13.4. The molecule has 2 aliphatic rings. The summed E-state index contributed by atoms with van der Waals surface area (Å²) in [6.45, 7) is 6.99. The van der Waals surface area contributed by atoms with Crippen LogP contribution in [0.3, 0.4) is 0 Å². The number of benzene rings is 2. The fraction of sp³-hybridized carbons (Fsp3) is 0.353. The average Bonchev–Trinajstić information content (AvgIpc) is 3.53. The molecule has 4 aromatic rings. The van der Waals surface area contributed by atoms with Crippen LogP contribution in [-0.2, 0) is 7.05 Å². The maximum Gasteiger partial charge on any atom is 0.257 e. The number of aliphatic hydroxyl groups excluding tert-OH is 1. The van der Waals surface area contributed by atoms with Gasteiger partial charge >= 0.3 is 0 Å². The smallest absolute Gasteiger partial charge is 0.257 e. The second kappa shape index (κ2) is 14.3. The molecule has 0 aliphatic carbocycles. The fourth-order valence-electron chi connectivity index (χ4n) is 5.80. The molecule has 2 aromatic heterocycles. The first kappa shape index (κ1) is 30.9. The minimum atomic E-state index is -0.239. The zero-order valence-electron chi connectivity index (χ0n) is 25.7. The average molecular weight is 596 g/mol. The predicted molar refractivity (Wildman–Crippen MR) is 173 cm³/mol. The molecule has 10 nitrogen and oxygen atoms in total. The minimum absolute atomic E-state index is 0.00193. The Kier molecular flexibility index (Phi) is 10.0. The molecular weight excluding hydrogens is 554 g/mol. The number of aromatic nitrogens is 3. The molecule has 44 heavy (non-hydrogen) atoms. The van der Waals surface area contributed by atoms with Crippen molar-refractivity contribution >= 4 is 23.3 Å². The first-order chi connectivity index (χ1) is 21.4. The summed E-state index contributed by atoms with van der Waals surface area (Å²) >= 11 is 0. The van der Waals surface area contributed by atoms with Gasteiger partial charge in [0.1, 0.15) is 5.82 Å². The summed E-state index contributed by atoms with van der Waals surface area (Å²) in [6, 6.07) is 18.0. The minimum Gasteiger partial charge on any atom is -0.400 e. The number of pyridine rings is 1. The molecule has 0 saturated carbocycles. The second-order valence-electron chi connectivity index (χ2n) is 11.2. The number of nitrogens with one attached hydrogen (secondary N) is 2. The molecule has 2 fully saturated rings. The zero-order valence-corrected chi connectivity index (χ0v) is 25.7. The van der Waals surface area contributed by atoms with Crippen LogP contribution in [0.4, 0.5) is 11.5 Å². The number of nitrogens with zero attached hydrogens (tertiary/aromatic N) is 5. The molecule has 10 heteroatoms. The summed E-state index contributed by atoms with van der Waals surface area (Å²) in [7, 11) is 2.92. The molecule has 2 saturated heterocycles. The topological polar surface area (TPSA) is 116 Å². The Labute approximate surface area is 258 Å². The molecule has 0 radical (unpaired) electrons. The number of piperidine rings is 1. The van der Waals surface area contributed by atoms with Crippen LogP contribution in [0.5, 0.6) is 0 Å². The molecule has 2 aliphatic heterocycles. The molecule has 2 amide bonds. The number of carbonyl (C=O) groups is 2. The van der Waals surface area contributed by atoms with Gasteiger partial charge in [-0.1, -0.05) is 30.3 Å². The first-order valence-corrected chi connectivity index (χ1v) is 15.1. The van der Waals surface area contributed by atoms with Crippen LogP contribution in [0.2, 0.25) is 0 Å². The van der Waals surface area contributed by atoms with Gasteiger partial charge in [-0.3, -0.25) is 14.3 Å². The summed E-state index contributed by atoms with van der Waals surface area (Å²) in [6.07, 6.45) is 7.36. The monoisotopic (exact) mass is 595 g/mol. The third kappa shape index (κ3) is 7.15. The van der Waals surface area contributed by atoms with Crippen molar-refractivity contribution in [3.05, 3.63) is 95.4 Å². The lowest BCUT2D eigenvalue weighted by molar-refractivity contribution is 0.0712. The van der Waals surface area contributed by atoms with Crippen LogP contribution in [0, 0.1) is 6.92 Å². The molecule has 0 atom stereocenters. The van der Waals surface area contributed by atoms with Crippen LogP contribution in [-0.4, -0.2) is 83.0 Å². The summed E-state index contributed by atoms with van der Waals surface area (Å²) in [5.74, 6) is 1.06. The van der Waals surface area contributed by atoms with Crippen molar-refractivity contribution in [3.8, 4) is 11.1 Å². The SMILES string of the molecule is CO.Cc1ccc(C(=O)N2CCC(c3ccc(-c4cnn(C)c4)cc3)CC2)cc1NC(=O)c1ccc(N2CCNCC2)nc1. The summed E-state index contributed by atoms with van der Waals surface area (Å²) < 4.78 is 1.81. The Morgan fingerprint density at radius 3 is 2.23 bits per heavy atom. The highest BCUT2D eigenvalue weighted by atomic mass is 16.2. The van der Waals surface area contributed by atoms with Gasteiger partial charge in [-0.2, -0.15) is 5.10 Å². The van der Waals surface area contributed by atoms with Crippen molar-refractivity contribution in [3.63, 3.8) is 0 Å². The number of carbonyl (C=O) groups excluding carboxylic acids is 2. The van der Waals surface area contributed by atoms with E-state index in [-0.39, 0.29) is 11.8 Å². The Morgan fingerprint density at radius 2 is 1.59 bits per heavy atom. The first-order valence-electron chi connectivity index (χ1n) is 15.1. The van der Waals surface area contributed by atoms with E-state index in [0.29, 0.717) is 35.8 Å². The number of anilines is 2. The van der Waals surface area contributed by atoms with Gasteiger partial charge in [-0.25, -0.2) is 4.98 Å². The highest BCUT2D eigenvalue weighted by molar-refractivity contribution is 6.05. The predicted octanol–water partition coefficient (Wildman–Crippen LogP) is 4.08. The van der Waals surface area contributed by atoms with E-state index in [0.717, 1.165) is 68.6 Å². The van der Waals surface area contributed by atoms with Crippen LogP contribution in [0.1, 0.15) is 50.6 Å². The van der Waals surface area contributed by atoms with Gasteiger partial charge < -0.3 is 25.5 Å². The van der Waals surface area contributed by atoms with Crippen molar-refractivity contribution in [1.82, 2.24) is 25.0 Å². The largest absolute Gasteiger partial charge is 0.400 e. The lowest BCUT2D eigenvalue weighted by Gasteiger charge is -2.32. The van der Waals surface area contributed by atoms with Gasteiger partial charge in [0.2, 0.25) is 0 Å². The molecular formula is C34H41N7O3. The molecule has 0 bridgehead atoms. The van der Waals surface area contributed by atoms with Crippen molar-refractivity contribution in [1.29, 1.82) is 0 Å². The van der Waals surface area contributed by atoms with Gasteiger partial charge in [0, 0.05) is 82.6 Å². The van der Waals surface area contributed by atoms with Crippen molar-refractivity contribution < 1.29 is 14.7 Å². The fourth-order valence-corrected chi connectivity index (χ4v) is 5.80. The van der Waals surface area contributed by atoms with E-state index in [1.54, 1.807) is 18.3 Å². The number of hydrogen-bond acceptors (Lipinski definition) is 7. The molecule has 230 valence electrons. The Hall–Kier alpha value is -4.54. The third-order valence-corrected chi connectivity index (χ3v) is 8.39. The van der Waals surface area contributed by atoms with Crippen molar-refractivity contribution in [2.24, 2.45) is 7.05 Å². The molecule has 2 aromatic carbocycles. The van der Waals surface area contributed by atoms with E-state index in [9.17, 15) is 9.59 Å². The van der Waals surface area contributed by atoms with E-state index < -0.39 is 0 Å². The molecule has 4 heterocycles. The van der Waals surface area contributed by atoms with Gasteiger partial charge in [0.05, 0.1) is 11.8 Å². The molecule has 6 rings (SSSR count). The molecule has 0 unspecified atom stereocenters. The van der Waals surface area contributed by atoms with Crippen LogP contribution in [0.25, 0.3) is 11.1 Å². The number of aliphatic hydroxyl groups is 1.